The third-order valence-electron chi connectivity index (χ3n) is 6.39. The summed E-state index contributed by atoms with van der Waals surface area (Å²) in [7, 11) is -0.347. The minimum atomic E-state index is -3.77. The fourth-order valence-electron chi connectivity index (χ4n) is 4.32. The van der Waals surface area contributed by atoms with Crippen molar-refractivity contribution in [3.63, 3.8) is 0 Å². The zero-order chi connectivity index (χ0) is 25.6. The second kappa shape index (κ2) is 11.9. The Morgan fingerprint density at radius 3 is 2.49 bits per heavy atom. The van der Waals surface area contributed by atoms with E-state index < -0.39 is 10.0 Å². The molecular formula is C26H37N3O5S. The summed E-state index contributed by atoms with van der Waals surface area (Å²) in [5, 5.41) is 0. The Hall–Kier alpha value is -2.62. The maximum Gasteiger partial charge on any atom is 0.261 e. The first-order valence-corrected chi connectivity index (χ1v) is 13.5. The fraction of sp³-hybridized carbons (Fsp3) is 0.500. The maximum absolute atomic E-state index is 13.3. The van der Waals surface area contributed by atoms with E-state index >= 15 is 0 Å². The van der Waals surface area contributed by atoms with Crippen molar-refractivity contribution in [3.05, 3.63) is 54.1 Å². The Labute approximate surface area is 209 Å². The molecule has 0 saturated heterocycles. The van der Waals surface area contributed by atoms with Gasteiger partial charge in [-0.1, -0.05) is 32.0 Å². The van der Waals surface area contributed by atoms with Gasteiger partial charge in [0.25, 0.3) is 15.9 Å². The molecule has 8 nitrogen and oxygen atoms in total. The zero-order valence-electron chi connectivity index (χ0n) is 21.2. The van der Waals surface area contributed by atoms with Gasteiger partial charge in [0.05, 0.1) is 22.3 Å². The van der Waals surface area contributed by atoms with Crippen LogP contribution in [0, 0.1) is 5.92 Å². The number of anilines is 1. The lowest BCUT2D eigenvalue weighted by molar-refractivity contribution is 0.0108. The van der Waals surface area contributed by atoms with E-state index in [0.29, 0.717) is 30.2 Å². The molecule has 2 aromatic rings. The predicted molar refractivity (Wildman–Crippen MR) is 137 cm³/mol. The molecule has 0 fully saturated rings. The number of hydrogen-bond acceptors (Lipinski definition) is 6. The Balaban J connectivity index is 1.95. The lowest BCUT2D eigenvalue weighted by Gasteiger charge is -2.35. The third kappa shape index (κ3) is 6.74. The standard InChI is InChI=1S/C26H37N3O5S/c1-6-14-29-16-19(2)25(33-5)17-28(4)26(30)23-13-12-21(15-24(23)34-18-20(29)3)27-35(31,32)22-10-8-7-9-11-22/h7-13,15,19-20,25,27H,6,14,16-18H2,1-5H3/t19-,20+,25+/m0/s1. The van der Waals surface area contributed by atoms with Crippen molar-refractivity contribution in [3.8, 4) is 5.75 Å². The van der Waals surface area contributed by atoms with Crippen LogP contribution < -0.4 is 9.46 Å². The summed E-state index contributed by atoms with van der Waals surface area (Å²) in [6.45, 7) is 8.94. The van der Waals surface area contributed by atoms with Crippen molar-refractivity contribution >= 4 is 21.6 Å². The Morgan fingerprint density at radius 2 is 1.83 bits per heavy atom. The molecule has 1 N–H and O–H groups in total. The van der Waals surface area contributed by atoms with E-state index in [4.69, 9.17) is 9.47 Å². The number of amides is 1. The van der Waals surface area contributed by atoms with Gasteiger partial charge >= 0.3 is 0 Å². The molecule has 0 spiro atoms. The summed E-state index contributed by atoms with van der Waals surface area (Å²) < 4.78 is 40.1. The molecule has 1 amide bonds. The maximum atomic E-state index is 13.3. The van der Waals surface area contributed by atoms with Crippen LogP contribution in [0.1, 0.15) is 37.6 Å². The summed E-state index contributed by atoms with van der Waals surface area (Å²) in [4.78, 5) is 17.5. The number of fused-ring (bicyclic) bond motifs is 1. The lowest BCUT2D eigenvalue weighted by atomic mass is 10.0. The van der Waals surface area contributed by atoms with Gasteiger partial charge in [0.1, 0.15) is 12.4 Å². The summed E-state index contributed by atoms with van der Waals surface area (Å²) in [6.07, 6.45) is 0.894. The number of rotatable bonds is 6. The molecule has 0 saturated carbocycles. The summed E-state index contributed by atoms with van der Waals surface area (Å²) in [5.41, 5.74) is 0.712. The van der Waals surface area contributed by atoms with Crippen molar-refractivity contribution in [2.45, 2.75) is 44.2 Å². The number of sulfonamides is 1. The molecular weight excluding hydrogens is 466 g/mol. The van der Waals surface area contributed by atoms with Crippen LogP contribution in [0.3, 0.4) is 0 Å². The van der Waals surface area contributed by atoms with Crippen molar-refractivity contribution < 1.29 is 22.7 Å². The molecule has 0 bridgehead atoms. The van der Waals surface area contributed by atoms with Crippen molar-refractivity contribution in [2.24, 2.45) is 5.92 Å². The van der Waals surface area contributed by atoms with E-state index in [-0.39, 0.29) is 28.9 Å². The van der Waals surface area contributed by atoms with Gasteiger partial charge in [-0.3, -0.25) is 14.4 Å². The highest BCUT2D eigenvalue weighted by Gasteiger charge is 2.28. The van der Waals surface area contributed by atoms with Gasteiger partial charge in [0.15, 0.2) is 0 Å². The average molecular weight is 504 g/mol. The number of carbonyl (C=O) groups is 1. The highest BCUT2D eigenvalue weighted by atomic mass is 32.2. The number of carbonyl (C=O) groups excluding carboxylic acids is 1. The van der Waals surface area contributed by atoms with Crippen LogP contribution in [0.2, 0.25) is 0 Å². The Morgan fingerprint density at radius 1 is 1.11 bits per heavy atom. The van der Waals surface area contributed by atoms with Crippen molar-refractivity contribution in [1.29, 1.82) is 0 Å². The fourth-order valence-corrected chi connectivity index (χ4v) is 5.39. The number of benzene rings is 2. The van der Waals surface area contributed by atoms with Gasteiger partial charge in [0, 0.05) is 39.4 Å². The first-order chi connectivity index (χ1) is 16.7. The van der Waals surface area contributed by atoms with E-state index in [1.165, 1.54) is 12.1 Å². The van der Waals surface area contributed by atoms with Crippen molar-refractivity contribution in [1.82, 2.24) is 9.80 Å². The first-order valence-electron chi connectivity index (χ1n) is 12.0. The van der Waals surface area contributed by atoms with E-state index in [0.717, 1.165) is 19.5 Å². The molecule has 2 aromatic carbocycles. The highest BCUT2D eigenvalue weighted by molar-refractivity contribution is 7.92. The van der Waals surface area contributed by atoms with E-state index in [1.54, 1.807) is 55.5 Å². The van der Waals surface area contributed by atoms with Gasteiger partial charge < -0.3 is 14.4 Å². The van der Waals surface area contributed by atoms with Crippen molar-refractivity contribution in [2.75, 3.05) is 45.1 Å². The number of nitrogens with one attached hydrogen (secondary N) is 1. The molecule has 192 valence electrons. The van der Waals surface area contributed by atoms with Gasteiger partial charge in [-0.25, -0.2) is 8.42 Å². The van der Waals surface area contributed by atoms with Crippen LogP contribution in [0.5, 0.6) is 5.75 Å². The van der Waals surface area contributed by atoms with Crippen LogP contribution in [0.25, 0.3) is 0 Å². The number of hydrogen-bond donors (Lipinski definition) is 1. The highest BCUT2D eigenvalue weighted by Crippen LogP contribution is 2.28. The van der Waals surface area contributed by atoms with Crippen LogP contribution in [0.4, 0.5) is 5.69 Å². The van der Waals surface area contributed by atoms with Gasteiger partial charge in [-0.05, 0) is 50.1 Å². The lowest BCUT2D eigenvalue weighted by Crippen LogP contribution is -2.46. The Bertz CT molecular complexity index is 1090. The van der Waals surface area contributed by atoms with Crippen LogP contribution in [-0.2, 0) is 14.8 Å². The van der Waals surface area contributed by atoms with E-state index in [9.17, 15) is 13.2 Å². The molecule has 1 heterocycles. The van der Waals surface area contributed by atoms with Crippen LogP contribution >= 0.6 is 0 Å². The second-order valence-electron chi connectivity index (χ2n) is 9.22. The summed E-state index contributed by atoms with van der Waals surface area (Å²) >= 11 is 0. The first kappa shape index (κ1) is 27.0. The molecule has 0 unspecified atom stereocenters. The molecule has 1 aliphatic rings. The average Bonchev–Trinajstić information content (AvgIpc) is 2.84. The molecule has 3 rings (SSSR count). The van der Waals surface area contributed by atoms with E-state index in [2.05, 4.69) is 30.4 Å². The van der Waals surface area contributed by atoms with Crippen LogP contribution in [0.15, 0.2) is 53.4 Å². The molecule has 0 aromatic heterocycles. The molecule has 9 heteroatoms. The van der Waals surface area contributed by atoms with E-state index in [1.807, 2.05) is 0 Å². The second-order valence-corrected chi connectivity index (χ2v) is 10.9. The third-order valence-corrected chi connectivity index (χ3v) is 7.79. The predicted octanol–water partition coefficient (Wildman–Crippen LogP) is 3.70. The Kier molecular flexibility index (Phi) is 9.15. The quantitative estimate of drug-likeness (QED) is 0.647. The number of nitrogens with zero attached hydrogens (tertiary/aromatic N) is 2. The zero-order valence-corrected chi connectivity index (χ0v) is 22.0. The minimum Gasteiger partial charge on any atom is -0.491 e. The minimum absolute atomic E-state index is 0.0969. The largest absolute Gasteiger partial charge is 0.491 e. The number of likely N-dealkylation sites (N-methyl/N-ethyl adjacent to an activating group) is 1. The SMILES string of the molecule is CCCN1C[C@H](C)[C@H](OC)CN(C)C(=O)c2ccc(NS(=O)(=O)c3ccccc3)cc2OC[C@H]1C. The molecule has 3 atom stereocenters. The number of methoxy groups -OCH3 is 1. The summed E-state index contributed by atoms with van der Waals surface area (Å²) in [6, 6.07) is 13.0. The van der Waals surface area contributed by atoms with Gasteiger partial charge in [-0.15, -0.1) is 0 Å². The smallest absolute Gasteiger partial charge is 0.261 e. The summed E-state index contributed by atoms with van der Waals surface area (Å²) in [5.74, 6) is 0.365. The monoisotopic (exact) mass is 503 g/mol. The molecule has 0 aliphatic carbocycles. The molecule has 0 radical (unpaired) electrons. The normalized spacial score (nSPS) is 22.5. The van der Waals surface area contributed by atoms with Gasteiger partial charge in [0.2, 0.25) is 0 Å². The van der Waals surface area contributed by atoms with Gasteiger partial charge in [-0.2, -0.15) is 0 Å². The molecule has 35 heavy (non-hydrogen) atoms. The number of ether oxygens (including phenoxy) is 2. The topological polar surface area (TPSA) is 88.2 Å². The van der Waals surface area contributed by atoms with Crippen LogP contribution in [-0.4, -0.2) is 76.7 Å². The molecule has 1 aliphatic heterocycles.